The van der Waals surface area contributed by atoms with Crippen molar-refractivity contribution in [3.8, 4) is 5.75 Å². The number of nitrogens with one attached hydrogen (secondary N) is 2. The molecule has 1 aliphatic carbocycles. The van der Waals surface area contributed by atoms with Gasteiger partial charge in [0.25, 0.3) is 0 Å². The maximum absolute atomic E-state index is 13.3. The summed E-state index contributed by atoms with van der Waals surface area (Å²) in [7, 11) is 1.90. The first-order valence-electron chi connectivity index (χ1n) is 11.4. The van der Waals surface area contributed by atoms with Gasteiger partial charge in [0.2, 0.25) is 0 Å². The second-order valence-electron chi connectivity index (χ2n) is 9.52. The van der Waals surface area contributed by atoms with E-state index in [0.717, 1.165) is 36.5 Å². The van der Waals surface area contributed by atoms with Crippen LogP contribution in [-0.2, 0) is 20.1 Å². The van der Waals surface area contributed by atoms with Crippen LogP contribution in [-0.4, -0.2) is 46.4 Å². The van der Waals surface area contributed by atoms with E-state index in [1.165, 1.54) is 12.8 Å². The monoisotopic (exact) mass is 425 g/mol. The summed E-state index contributed by atoms with van der Waals surface area (Å²) >= 11 is 0. The van der Waals surface area contributed by atoms with Crippen LogP contribution < -0.4 is 15.4 Å². The van der Waals surface area contributed by atoms with Crippen molar-refractivity contribution in [3.63, 3.8) is 0 Å². The van der Waals surface area contributed by atoms with Crippen LogP contribution in [0.3, 0.4) is 0 Å². The summed E-state index contributed by atoms with van der Waals surface area (Å²) in [6.45, 7) is 7.96. The predicted octanol–water partition coefficient (Wildman–Crippen LogP) is 3.31. The summed E-state index contributed by atoms with van der Waals surface area (Å²) in [6, 6.07) is 10.3. The summed E-state index contributed by atoms with van der Waals surface area (Å²) in [5.74, 6) is 1.35. The Hall–Kier alpha value is -2.54. The molecule has 168 valence electrons. The quantitative estimate of drug-likeness (QED) is 0.681. The predicted molar refractivity (Wildman–Crippen MR) is 121 cm³/mol. The number of aromatic nitrogens is 2. The molecule has 1 aliphatic heterocycles. The molecule has 2 fully saturated rings. The normalized spacial score (nSPS) is 19.4. The van der Waals surface area contributed by atoms with Crippen LogP contribution in [0.1, 0.15) is 44.4 Å². The fraction of sp³-hybridized carbons (Fsp3) is 0.583. The maximum atomic E-state index is 13.3. The van der Waals surface area contributed by atoms with Gasteiger partial charge in [-0.15, -0.1) is 0 Å². The fourth-order valence-electron chi connectivity index (χ4n) is 4.28. The lowest BCUT2D eigenvalue weighted by atomic mass is 9.90. The molecule has 2 heterocycles. The molecule has 1 aromatic heterocycles. The van der Waals surface area contributed by atoms with Gasteiger partial charge in [-0.05, 0) is 55.5 Å². The molecule has 0 unspecified atom stereocenters. The largest absolute Gasteiger partial charge is 0.493 e. The Labute approximate surface area is 185 Å². The Morgan fingerprint density at radius 3 is 2.71 bits per heavy atom. The van der Waals surface area contributed by atoms with Gasteiger partial charge in [0, 0.05) is 37.8 Å². The molecule has 0 bridgehead atoms. The van der Waals surface area contributed by atoms with E-state index in [1.54, 1.807) is 4.68 Å². The van der Waals surface area contributed by atoms with Crippen molar-refractivity contribution >= 4 is 6.03 Å². The number of carbonyl (C=O) groups excluding carboxylic acids is 1. The van der Waals surface area contributed by atoms with Crippen molar-refractivity contribution in [2.45, 2.75) is 52.2 Å². The van der Waals surface area contributed by atoms with Gasteiger partial charge in [-0.25, -0.2) is 4.79 Å². The molecule has 7 nitrogen and oxygen atoms in total. The highest BCUT2D eigenvalue weighted by Crippen LogP contribution is 2.50. The van der Waals surface area contributed by atoms with Gasteiger partial charge in [-0.1, -0.05) is 26.0 Å². The molecule has 2 aliphatic rings. The number of piperidine rings is 1. The van der Waals surface area contributed by atoms with Gasteiger partial charge < -0.3 is 20.3 Å². The lowest BCUT2D eigenvalue weighted by molar-refractivity contribution is 0.173. The van der Waals surface area contributed by atoms with E-state index >= 15 is 0 Å². The average molecular weight is 426 g/mol. The van der Waals surface area contributed by atoms with Crippen molar-refractivity contribution in [2.75, 3.05) is 19.7 Å². The van der Waals surface area contributed by atoms with Gasteiger partial charge in [0.1, 0.15) is 5.75 Å². The number of aryl methyl sites for hydroxylation is 1. The zero-order valence-corrected chi connectivity index (χ0v) is 18.9. The number of carbonyl (C=O) groups is 1. The third kappa shape index (κ3) is 5.58. The van der Waals surface area contributed by atoms with Crippen molar-refractivity contribution in [3.05, 3.63) is 47.8 Å². The third-order valence-electron chi connectivity index (χ3n) is 6.31. The van der Waals surface area contributed by atoms with Crippen molar-refractivity contribution in [1.82, 2.24) is 25.3 Å². The second-order valence-corrected chi connectivity index (χ2v) is 9.52. The molecule has 2 aromatic rings. The summed E-state index contributed by atoms with van der Waals surface area (Å²) in [5, 5.41) is 11.3. The van der Waals surface area contributed by atoms with E-state index in [9.17, 15) is 4.79 Å². The molecule has 1 saturated carbocycles. The molecule has 7 heteroatoms. The van der Waals surface area contributed by atoms with E-state index in [0.29, 0.717) is 25.6 Å². The molecule has 0 radical (unpaired) electrons. The van der Waals surface area contributed by atoms with Crippen LogP contribution in [0.15, 0.2) is 36.5 Å². The average Bonchev–Trinajstić information content (AvgIpc) is 3.40. The zero-order valence-electron chi connectivity index (χ0n) is 18.9. The molecular formula is C24H35N5O2. The summed E-state index contributed by atoms with van der Waals surface area (Å²) < 4.78 is 7.57. The van der Waals surface area contributed by atoms with E-state index in [-0.39, 0.29) is 17.5 Å². The lowest BCUT2D eigenvalue weighted by Crippen LogP contribution is -2.53. The van der Waals surface area contributed by atoms with Crippen LogP contribution in [0, 0.1) is 11.3 Å². The molecular weight excluding hydrogens is 390 g/mol. The van der Waals surface area contributed by atoms with Crippen LogP contribution >= 0.6 is 0 Å². The van der Waals surface area contributed by atoms with Crippen LogP contribution in [0.4, 0.5) is 4.79 Å². The smallest absolute Gasteiger partial charge is 0.318 e. The molecule has 4 rings (SSSR count). The minimum atomic E-state index is -0.0102. The second kappa shape index (κ2) is 9.30. The SMILES string of the molecule is CC(C)COc1ccc(CN(Cc2ccn(C)n2)C(=O)N[C@H]2CCNCC23CC3)cc1. The topological polar surface area (TPSA) is 71.4 Å². The summed E-state index contributed by atoms with van der Waals surface area (Å²) in [6.07, 6.45) is 5.30. The number of nitrogens with zero attached hydrogens (tertiary/aromatic N) is 3. The minimum Gasteiger partial charge on any atom is -0.493 e. The highest BCUT2D eigenvalue weighted by Gasteiger charge is 2.51. The van der Waals surface area contributed by atoms with Crippen LogP contribution in [0.2, 0.25) is 0 Å². The standard InChI is InChI=1S/C24H35N5O2/c1-18(2)16-31-21-6-4-19(5-7-21)14-29(15-20-9-13-28(3)27-20)23(30)26-22-8-12-25-17-24(22)10-11-24/h4-7,9,13,18,22,25H,8,10-12,14-17H2,1-3H3,(H,26,30)/t22-/m0/s1. The summed E-state index contributed by atoms with van der Waals surface area (Å²) in [5.41, 5.74) is 2.23. The lowest BCUT2D eigenvalue weighted by Gasteiger charge is -2.35. The first-order chi connectivity index (χ1) is 14.9. The van der Waals surface area contributed by atoms with Crippen molar-refractivity contribution < 1.29 is 9.53 Å². The van der Waals surface area contributed by atoms with Gasteiger partial charge in [-0.3, -0.25) is 4.68 Å². The summed E-state index contributed by atoms with van der Waals surface area (Å²) in [4.78, 5) is 15.2. The highest BCUT2D eigenvalue weighted by atomic mass is 16.5. The van der Waals surface area contributed by atoms with Crippen LogP contribution in [0.5, 0.6) is 5.75 Å². The van der Waals surface area contributed by atoms with E-state index in [2.05, 4.69) is 29.6 Å². The van der Waals surface area contributed by atoms with Gasteiger partial charge in [-0.2, -0.15) is 5.10 Å². The fourth-order valence-corrected chi connectivity index (χ4v) is 4.28. The number of rotatable bonds is 8. The Morgan fingerprint density at radius 2 is 2.06 bits per heavy atom. The maximum Gasteiger partial charge on any atom is 0.318 e. The van der Waals surface area contributed by atoms with E-state index in [4.69, 9.17) is 4.74 Å². The first kappa shape index (κ1) is 21.7. The van der Waals surface area contributed by atoms with Crippen molar-refractivity contribution in [1.29, 1.82) is 0 Å². The Balaban J connectivity index is 1.44. The van der Waals surface area contributed by atoms with E-state index in [1.807, 2.05) is 48.5 Å². The highest BCUT2D eigenvalue weighted by molar-refractivity contribution is 5.74. The van der Waals surface area contributed by atoms with E-state index < -0.39 is 0 Å². The number of ether oxygens (including phenoxy) is 1. The molecule has 1 spiro atoms. The van der Waals surface area contributed by atoms with Gasteiger partial charge >= 0.3 is 6.03 Å². The number of hydrogen-bond acceptors (Lipinski definition) is 4. The third-order valence-corrected chi connectivity index (χ3v) is 6.31. The molecule has 2 amide bonds. The minimum absolute atomic E-state index is 0.0102. The Morgan fingerprint density at radius 1 is 1.29 bits per heavy atom. The molecule has 1 atom stereocenters. The number of urea groups is 1. The molecule has 31 heavy (non-hydrogen) atoms. The number of benzene rings is 1. The van der Waals surface area contributed by atoms with Crippen molar-refractivity contribution in [2.24, 2.45) is 18.4 Å². The molecule has 1 saturated heterocycles. The Kier molecular flexibility index (Phi) is 6.51. The molecule has 2 N–H and O–H groups in total. The molecule has 1 aromatic carbocycles. The number of amides is 2. The number of hydrogen-bond donors (Lipinski definition) is 2. The zero-order chi connectivity index (χ0) is 21.8. The van der Waals surface area contributed by atoms with Gasteiger partial charge in [0.05, 0.1) is 18.8 Å². The van der Waals surface area contributed by atoms with Gasteiger partial charge in [0.15, 0.2) is 0 Å². The Bertz CT molecular complexity index is 872. The first-order valence-corrected chi connectivity index (χ1v) is 11.4. The van der Waals surface area contributed by atoms with Crippen LogP contribution in [0.25, 0.3) is 0 Å².